The van der Waals surface area contributed by atoms with E-state index in [1.807, 2.05) is 36.4 Å². The Balaban J connectivity index is 1.96. The lowest BCUT2D eigenvalue weighted by molar-refractivity contribution is -0.137. The lowest BCUT2D eigenvalue weighted by Gasteiger charge is -2.20. The highest BCUT2D eigenvalue weighted by atomic mass is 19.4. The Labute approximate surface area is 178 Å². The van der Waals surface area contributed by atoms with Crippen LogP contribution in [0.15, 0.2) is 78.9 Å². The number of amides is 1. The first-order valence-electron chi connectivity index (χ1n) is 9.64. The van der Waals surface area contributed by atoms with Gasteiger partial charge in [0.1, 0.15) is 12.4 Å². The molecule has 0 fully saturated rings. The summed E-state index contributed by atoms with van der Waals surface area (Å²) in [5.74, 6) is -1.03. The molecule has 0 saturated heterocycles. The molecule has 3 aromatic carbocycles. The highest BCUT2D eigenvalue weighted by molar-refractivity contribution is 5.99. The lowest BCUT2D eigenvalue weighted by Crippen LogP contribution is -2.23. The van der Waals surface area contributed by atoms with Gasteiger partial charge in [0, 0.05) is 7.11 Å². The summed E-state index contributed by atoms with van der Waals surface area (Å²) in [5.41, 5.74) is 0.519. The molecule has 0 bridgehead atoms. The zero-order valence-electron chi connectivity index (χ0n) is 16.9. The Morgan fingerprint density at radius 2 is 1.48 bits per heavy atom. The molecule has 0 spiro atoms. The molecule has 3 rings (SSSR count). The van der Waals surface area contributed by atoms with Crippen LogP contribution in [0.1, 0.15) is 22.6 Å². The minimum absolute atomic E-state index is 0.0483. The van der Waals surface area contributed by atoms with Gasteiger partial charge in [0.2, 0.25) is 5.91 Å². The highest BCUT2D eigenvalue weighted by Gasteiger charge is 2.32. The van der Waals surface area contributed by atoms with Gasteiger partial charge in [-0.1, -0.05) is 60.7 Å². The van der Waals surface area contributed by atoms with Crippen LogP contribution in [0.4, 0.5) is 18.9 Å². The molecule has 7 heteroatoms. The molecule has 0 atom stereocenters. The second-order valence-corrected chi connectivity index (χ2v) is 6.79. The van der Waals surface area contributed by atoms with E-state index in [0.29, 0.717) is 0 Å². The van der Waals surface area contributed by atoms with Gasteiger partial charge >= 0.3 is 6.18 Å². The third-order valence-corrected chi connectivity index (χ3v) is 4.64. The van der Waals surface area contributed by atoms with Gasteiger partial charge in [-0.05, 0) is 29.3 Å². The first-order valence-corrected chi connectivity index (χ1v) is 9.64. The van der Waals surface area contributed by atoms with Crippen LogP contribution in [0.25, 0.3) is 0 Å². The van der Waals surface area contributed by atoms with Gasteiger partial charge in [-0.3, -0.25) is 4.79 Å². The molecule has 0 saturated carbocycles. The summed E-state index contributed by atoms with van der Waals surface area (Å²) >= 11 is 0. The van der Waals surface area contributed by atoms with Crippen molar-refractivity contribution >= 4 is 11.6 Å². The van der Waals surface area contributed by atoms with E-state index in [2.05, 4.69) is 5.32 Å². The smallest absolute Gasteiger partial charge is 0.416 e. The normalized spacial score (nSPS) is 11.4. The van der Waals surface area contributed by atoms with Gasteiger partial charge in [-0.2, -0.15) is 13.2 Å². The number of rotatable bonds is 8. The van der Waals surface area contributed by atoms with Crippen molar-refractivity contribution in [2.75, 3.05) is 25.6 Å². The van der Waals surface area contributed by atoms with Crippen molar-refractivity contribution in [3.63, 3.8) is 0 Å². The average molecular weight is 429 g/mol. The van der Waals surface area contributed by atoms with Crippen LogP contribution in [-0.2, 0) is 15.7 Å². The van der Waals surface area contributed by atoms with E-state index >= 15 is 0 Å². The maximum Gasteiger partial charge on any atom is 0.416 e. The van der Waals surface area contributed by atoms with Crippen LogP contribution < -0.4 is 10.1 Å². The van der Waals surface area contributed by atoms with Crippen LogP contribution in [0.2, 0.25) is 0 Å². The Hall–Kier alpha value is -3.32. The van der Waals surface area contributed by atoms with Crippen molar-refractivity contribution in [2.45, 2.75) is 12.1 Å². The first kappa shape index (κ1) is 22.4. The van der Waals surface area contributed by atoms with Gasteiger partial charge in [0.15, 0.2) is 0 Å². The Bertz CT molecular complexity index is 952. The molecule has 1 amide bonds. The van der Waals surface area contributed by atoms with Gasteiger partial charge in [0.25, 0.3) is 0 Å². The van der Waals surface area contributed by atoms with E-state index in [-0.39, 0.29) is 24.7 Å². The predicted octanol–water partition coefficient (Wildman–Crippen LogP) is 5.50. The van der Waals surface area contributed by atoms with Crippen molar-refractivity contribution in [1.29, 1.82) is 0 Å². The molecule has 0 aliphatic heterocycles. The van der Waals surface area contributed by atoms with Crippen LogP contribution in [-0.4, -0.2) is 26.2 Å². The quantitative estimate of drug-likeness (QED) is 0.481. The van der Waals surface area contributed by atoms with Gasteiger partial charge in [-0.15, -0.1) is 0 Å². The largest absolute Gasteiger partial charge is 0.489 e. The standard InChI is InChI=1S/C24H22F3NO3/c1-30-14-15-31-21-13-12-19(24(25,26)27)16-20(21)28-23(29)22(17-8-4-2-5-9-17)18-10-6-3-7-11-18/h2-13,16,22H,14-15H2,1H3,(H,28,29). The zero-order chi connectivity index (χ0) is 22.3. The second-order valence-electron chi connectivity index (χ2n) is 6.79. The summed E-state index contributed by atoms with van der Waals surface area (Å²) < 4.78 is 50.2. The van der Waals surface area contributed by atoms with Crippen molar-refractivity contribution in [3.05, 3.63) is 95.6 Å². The first-order chi connectivity index (χ1) is 14.9. The number of hydrogen-bond donors (Lipinski definition) is 1. The molecule has 0 aliphatic rings. The summed E-state index contributed by atoms with van der Waals surface area (Å²) in [5, 5.41) is 2.64. The van der Waals surface area contributed by atoms with E-state index in [1.54, 1.807) is 24.3 Å². The Morgan fingerprint density at radius 1 is 0.903 bits per heavy atom. The highest BCUT2D eigenvalue weighted by Crippen LogP contribution is 2.36. The van der Waals surface area contributed by atoms with Crippen LogP contribution in [0.5, 0.6) is 5.75 Å². The van der Waals surface area contributed by atoms with E-state index < -0.39 is 23.6 Å². The van der Waals surface area contributed by atoms with Crippen molar-refractivity contribution in [1.82, 2.24) is 0 Å². The topological polar surface area (TPSA) is 47.6 Å². The van der Waals surface area contributed by atoms with E-state index in [4.69, 9.17) is 9.47 Å². The summed E-state index contributed by atoms with van der Waals surface area (Å²) in [6.07, 6.45) is -4.55. The molecular formula is C24H22F3NO3. The number of carbonyl (C=O) groups excluding carboxylic acids is 1. The molecule has 162 valence electrons. The van der Waals surface area contributed by atoms with Crippen LogP contribution in [0, 0.1) is 0 Å². The lowest BCUT2D eigenvalue weighted by atomic mass is 9.90. The van der Waals surface area contributed by atoms with E-state index in [1.165, 1.54) is 13.2 Å². The zero-order valence-corrected chi connectivity index (χ0v) is 16.9. The number of hydrogen-bond acceptors (Lipinski definition) is 3. The number of nitrogens with one attached hydrogen (secondary N) is 1. The fourth-order valence-corrected chi connectivity index (χ4v) is 3.16. The monoisotopic (exact) mass is 429 g/mol. The third kappa shape index (κ3) is 5.86. The minimum Gasteiger partial charge on any atom is -0.489 e. The number of carbonyl (C=O) groups is 1. The summed E-state index contributed by atoms with van der Waals surface area (Å²) in [4.78, 5) is 13.3. The maximum atomic E-state index is 13.3. The fraction of sp³-hybridized carbons (Fsp3) is 0.208. The number of anilines is 1. The SMILES string of the molecule is COCCOc1ccc(C(F)(F)F)cc1NC(=O)C(c1ccccc1)c1ccccc1. The van der Waals surface area contributed by atoms with Gasteiger partial charge in [-0.25, -0.2) is 0 Å². The van der Waals surface area contributed by atoms with Crippen LogP contribution in [0.3, 0.4) is 0 Å². The minimum atomic E-state index is -4.55. The van der Waals surface area contributed by atoms with Gasteiger partial charge < -0.3 is 14.8 Å². The molecule has 0 radical (unpaired) electrons. The fourth-order valence-electron chi connectivity index (χ4n) is 3.16. The number of halogens is 3. The molecule has 0 aliphatic carbocycles. The molecule has 1 N–H and O–H groups in total. The molecular weight excluding hydrogens is 407 g/mol. The summed E-state index contributed by atoms with van der Waals surface area (Å²) in [6, 6.07) is 21.1. The third-order valence-electron chi connectivity index (χ3n) is 4.64. The molecule has 0 heterocycles. The van der Waals surface area contributed by atoms with E-state index in [9.17, 15) is 18.0 Å². The van der Waals surface area contributed by atoms with Crippen LogP contribution >= 0.6 is 0 Å². The summed E-state index contributed by atoms with van der Waals surface area (Å²) in [6.45, 7) is 0.386. The summed E-state index contributed by atoms with van der Waals surface area (Å²) in [7, 11) is 1.49. The van der Waals surface area contributed by atoms with Crippen molar-refractivity contribution in [3.8, 4) is 5.75 Å². The molecule has 0 unspecified atom stereocenters. The average Bonchev–Trinajstić information content (AvgIpc) is 2.76. The van der Waals surface area contributed by atoms with Crippen molar-refractivity contribution < 1.29 is 27.4 Å². The maximum absolute atomic E-state index is 13.3. The molecule has 3 aromatic rings. The Kier molecular flexibility index (Phi) is 7.31. The number of benzene rings is 3. The van der Waals surface area contributed by atoms with Gasteiger partial charge in [0.05, 0.1) is 23.8 Å². The number of alkyl halides is 3. The van der Waals surface area contributed by atoms with Crippen molar-refractivity contribution in [2.24, 2.45) is 0 Å². The molecule has 0 aromatic heterocycles. The van der Waals surface area contributed by atoms with E-state index in [0.717, 1.165) is 23.3 Å². The predicted molar refractivity (Wildman–Crippen MR) is 112 cm³/mol. The Morgan fingerprint density at radius 3 is 2.00 bits per heavy atom. The molecule has 4 nitrogen and oxygen atoms in total. The number of ether oxygens (including phenoxy) is 2. The molecule has 31 heavy (non-hydrogen) atoms. The second kappa shape index (κ2) is 10.1. The number of methoxy groups -OCH3 is 1.